The number of nitrogens with one attached hydrogen (secondary N) is 2. The van der Waals surface area contributed by atoms with Crippen LogP contribution in [-0.4, -0.2) is 77.5 Å². The Bertz CT molecular complexity index is 1500. The molecule has 0 aromatic heterocycles. The van der Waals surface area contributed by atoms with E-state index in [2.05, 4.69) is 22.8 Å². The van der Waals surface area contributed by atoms with Crippen LogP contribution in [0.15, 0.2) is 42.5 Å². The minimum absolute atomic E-state index is 0.156. The zero-order chi connectivity index (χ0) is 35.4. The van der Waals surface area contributed by atoms with Gasteiger partial charge in [0.05, 0.1) is 6.04 Å². The number of hydrogen-bond donors (Lipinski definition) is 3. The van der Waals surface area contributed by atoms with Gasteiger partial charge in [-0.05, 0) is 86.8 Å². The lowest BCUT2D eigenvalue weighted by atomic mass is 9.83. The number of hydrogen-bond acceptors (Lipinski definition) is 7. The van der Waals surface area contributed by atoms with Gasteiger partial charge in [-0.1, -0.05) is 51.1 Å². The first-order valence-electron chi connectivity index (χ1n) is 16.9. The van der Waals surface area contributed by atoms with E-state index in [0.717, 1.165) is 36.0 Å². The van der Waals surface area contributed by atoms with Gasteiger partial charge in [0.1, 0.15) is 36.1 Å². The summed E-state index contributed by atoms with van der Waals surface area (Å²) >= 11 is 0. The van der Waals surface area contributed by atoms with Crippen LogP contribution in [0.5, 0.6) is 5.75 Å². The molecule has 0 fully saturated rings. The zero-order valence-corrected chi connectivity index (χ0v) is 29.7. The fourth-order valence-corrected chi connectivity index (χ4v) is 6.21. The predicted molar refractivity (Wildman–Crippen MR) is 184 cm³/mol. The summed E-state index contributed by atoms with van der Waals surface area (Å²) in [6, 6.07) is 11.0. The molecule has 4 N–H and O–H groups in total. The normalized spacial score (nSPS) is 18.8. The van der Waals surface area contributed by atoms with Crippen LogP contribution in [-0.2, 0) is 38.5 Å². The Hall–Kier alpha value is -4.12. The third kappa shape index (κ3) is 8.86. The largest absolute Gasteiger partial charge is 0.492 e. The minimum Gasteiger partial charge on any atom is -0.492 e. The number of benzene rings is 2. The fourth-order valence-electron chi connectivity index (χ4n) is 6.21. The number of fused-ring (bicyclic) bond motifs is 2. The van der Waals surface area contributed by atoms with Gasteiger partial charge in [0.25, 0.3) is 0 Å². The molecule has 1 aliphatic carbocycles. The van der Waals surface area contributed by atoms with Crippen molar-refractivity contribution in [2.24, 2.45) is 11.1 Å². The van der Waals surface area contributed by atoms with E-state index in [4.69, 9.17) is 15.2 Å². The van der Waals surface area contributed by atoms with Gasteiger partial charge in [-0.2, -0.15) is 0 Å². The van der Waals surface area contributed by atoms with Crippen molar-refractivity contribution in [1.29, 1.82) is 0 Å². The molecule has 0 bridgehead atoms. The van der Waals surface area contributed by atoms with Crippen molar-refractivity contribution in [3.8, 4) is 5.75 Å². The molecule has 0 spiro atoms. The predicted octanol–water partition coefficient (Wildman–Crippen LogP) is 4.26. The Labute approximate surface area is 284 Å². The maximum atomic E-state index is 14.6. The number of nitrogens with zero attached hydrogens (tertiary/aromatic N) is 2. The van der Waals surface area contributed by atoms with Crippen molar-refractivity contribution < 1.29 is 28.7 Å². The number of nitrogens with two attached hydrogens (primary N) is 1. The summed E-state index contributed by atoms with van der Waals surface area (Å²) in [5.74, 6) is -0.499. The van der Waals surface area contributed by atoms with Crippen LogP contribution in [0.1, 0.15) is 89.6 Å². The summed E-state index contributed by atoms with van der Waals surface area (Å²) in [6.07, 6.45) is 2.39. The Morgan fingerprint density at radius 1 is 1.02 bits per heavy atom. The van der Waals surface area contributed by atoms with Gasteiger partial charge >= 0.3 is 6.09 Å². The molecule has 2 unspecified atom stereocenters. The van der Waals surface area contributed by atoms with Gasteiger partial charge in [-0.15, -0.1) is 0 Å². The van der Waals surface area contributed by atoms with Gasteiger partial charge in [0.2, 0.25) is 17.7 Å². The van der Waals surface area contributed by atoms with Gasteiger partial charge in [0, 0.05) is 26.6 Å². The Kier molecular flexibility index (Phi) is 11.4. The number of carbonyl (C=O) groups excluding carboxylic acids is 4. The Morgan fingerprint density at radius 3 is 2.40 bits per heavy atom. The van der Waals surface area contributed by atoms with Gasteiger partial charge < -0.3 is 30.7 Å². The van der Waals surface area contributed by atoms with Crippen molar-refractivity contribution in [3.63, 3.8) is 0 Å². The van der Waals surface area contributed by atoms with E-state index in [-0.39, 0.29) is 24.4 Å². The van der Waals surface area contributed by atoms with Crippen LogP contribution in [0.4, 0.5) is 4.79 Å². The number of ether oxygens (including phenoxy) is 2. The second kappa shape index (κ2) is 15.0. The van der Waals surface area contributed by atoms with Crippen molar-refractivity contribution in [3.05, 3.63) is 64.7 Å². The topological polar surface area (TPSA) is 143 Å². The zero-order valence-electron chi connectivity index (χ0n) is 29.7. The monoisotopic (exact) mass is 663 g/mol. The molecule has 1 heterocycles. The van der Waals surface area contributed by atoms with Crippen molar-refractivity contribution >= 4 is 23.8 Å². The number of aryl methyl sites for hydroxylation is 1. The minimum atomic E-state index is -0.997. The Morgan fingerprint density at radius 2 is 1.73 bits per heavy atom. The molecule has 0 saturated carbocycles. The lowest BCUT2D eigenvalue weighted by molar-refractivity contribution is -0.147. The number of carbonyl (C=O) groups is 4. The van der Waals surface area contributed by atoms with Crippen LogP contribution in [0.3, 0.4) is 0 Å². The molecule has 2 aliphatic rings. The lowest BCUT2D eigenvalue weighted by Crippen LogP contribution is -2.62. The van der Waals surface area contributed by atoms with Crippen LogP contribution in [0.2, 0.25) is 0 Å². The van der Waals surface area contributed by atoms with Crippen molar-refractivity contribution in [1.82, 2.24) is 20.4 Å². The summed E-state index contributed by atoms with van der Waals surface area (Å²) in [4.78, 5) is 58.0. The van der Waals surface area contributed by atoms with E-state index < -0.39 is 41.1 Å². The maximum Gasteiger partial charge on any atom is 0.410 e. The smallest absolute Gasteiger partial charge is 0.410 e. The second-order valence-electron chi connectivity index (χ2n) is 15.0. The molecule has 2 aromatic rings. The highest BCUT2D eigenvalue weighted by Gasteiger charge is 2.43. The van der Waals surface area contributed by atoms with Crippen LogP contribution < -0.4 is 21.1 Å². The molecule has 4 atom stereocenters. The third-order valence-electron chi connectivity index (χ3n) is 9.01. The first kappa shape index (κ1) is 36.7. The van der Waals surface area contributed by atoms with E-state index in [1.807, 2.05) is 51.1 Å². The number of likely N-dealkylation sites (N-methyl/N-ethyl adjacent to an activating group) is 1. The van der Waals surface area contributed by atoms with Crippen LogP contribution in [0.25, 0.3) is 0 Å². The molecule has 4 rings (SSSR count). The number of rotatable bonds is 9. The quantitative estimate of drug-likeness (QED) is 0.364. The summed E-state index contributed by atoms with van der Waals surface area (Å²) < 4.78 is 11.2. The summed E-state index contributed by atoms with van der Waals surface area (Å²) in [6.45, 7) is 13.3. The first-order chi connectivity index (χ1) is 22.5. The Balaban J connectivity index is 1.63. The molecule has 0 radical (unpaired) electrons. The molecule has 262 valence electrons. The highest BCUT2D eigenvalue weighted by atomic mass is 16.6. The molecule has 0 saturated heterocycles. The summed E-state index contributed by atoms with van der Waals surface area (Å²) in [7, 11) is 1.49. The van der Waals surface area contributed by atoms with Gasteiger partial charge in [-0.25, -0.2) is 4.79 Å². The summed E-state index contributed by atoms with van der Waals surface area (Å²) in [5, 5.41) is 6.19. The van der Waals surface area contributed by atoms with Crippen LogP contribution in [0, 0.1) is 5.41 Å². The van der Waals surface area contributed by atoms with Crippen molar-refractivity contribution in [2.75, 3.05) is 20.2 Å². The fraction of sp³-hybridized carbons (Fsp3) is 0.568. The first-order valence-corrected chi connectivity index (χ1v) is 16.9. The highest BCUT2D eigenvalue weighted by Crippen LogP contribution is 2.33. The van der Waals surface area contributed by atoms with Crippen LogP contribution >= 0.6 is 0 Å². The number of amides is 4. The maximum absolute atomic E-state index is 14.6. The van der Waals surface area contributed by atoms with E-state index >= 15 is 0 Å². The van der Waals surface area contributed by atoms with Crippen molar-refractivity contribution in [2.45, 2.75) is 110 Å². The van der Waals surface area contributed by atoms with Gasteiger partial charge in [-0.3, -0.25) is 19.3 Å². The molecule has 11 nitrogen and oxygen atoms in total. The average Bonchev–Trinajstić information content (AvgIpc) is 3.03. The molecule has 48 heavy (non-hydrogen) atoms. The molecule has 4 amide bonds. The second-order valence-corrected chi connectivity index (χ2v) is 15.0. The van der Waals surface area contributed by atoms with E-state index in [1.54, 1.807) is 32.6 Å². The molecule has 2 aromatic carbocycles. The standard InChI is InChI=1S/C37H53N5O6/c1-23(41(8)35(46)48-37(5,6)7)32(43)40-31(36(2,3)4)34(45)42-22-26-20-27(47-19-18-38)17-16-25(26)21-30(42)33(44)39-29-15-11-13-24-12-9-10-14-28(24)29/h9-10,12,14,16-17,20,23,29-31H,11,13,15,18-19,21-22,38H2,1-8H3,(H,39,44)(H,40,43)/t23?,29-,30+,31?/m1/s1. The SMILES string of the molecule is CC(C(=O)NC(C(=O)N1Cc2cc(OCCN)ccc2C[C@H]1C(=O)N[C@@H]1CCCc2ccccc21)C(C)(C)C)N(C)C(=O)OC(C)(C)C. The highest BCUT2D eigenvalue weighted by molar-refractivity contribution is 5.94. The van der Waals surface area contributed by atoms with E-state index in [1.165, 1.54) is 17.5 Å². The molecule has 11 heteroatoms. The van der Waals surface area contributed by atoms with E-state index in [0.29, 0.717) is 25.3 Å². The average molecular weight is 664 g/mol. The summed E-state index contributed by atoms with van der Waals surface area (Å²) in [5.41, 5.74) is 8.33. The molecular formula is C37H53N5O6. The molecule has 1 aliphatic heterocycles. The molecular weight excluding hydrogens is 610 g/mol. The van der Waals surface area contributed by atoms with E-state index in [9.17, 15) is 19.2 Å². The third-order valence-corrected chi connectivity index (χ3v) is 9.01. The lowest BCUT2D eigenvalue weighted by Gasteiger charge is -2.42. The van der Waals surface area contributed by atoms with Gasteiger partial charge in [0.15, 0.2) is 0 Å².